The quantitative estimate of drug-likeness (QED) is 0.680. The third kappa shape index (κ3) is 2.46. The average Bonchev–Trinajstić information content (AvgIpc) is 1.72. The minimum Gasteiger partial charge on any atom is -0.159 e. The van der Waals surface area contributed by atoms with E-state index in [0.717, 1.165) is 0 Å². The van der Waals surface area contributed by atoms with E-state index in [-0.39, 0.29) is 21.1 Å². The third-order valence-corrected chi connectivity index (χ3v) is 0.483. The van der Waals surface area contributed by atoms with Gasteiger partial charge in [-0.15, -0.1) is 0 Å². The molecule has 3 heteroatoms. The Kier molecular flexibility index (Phi) is 3.81. The van der Waals surface area contributed by atoms with Crippen molar-refractivity contribution in [3.8, 4) is 0 Å². The summed E-state index contributed by atoms with van der Waals surface area (Å²) >= 11 is 0. The molecule has 1 heterocycles. The maximum Gasteiger partial charge on any atom is 2.00 e. The van der Waals surface area contributed by atoms with Crippen LogP contribution in [0, 0.1) is 0 Å². The van der Waals surface area contributed by atoms with Crippen LogP contribution in [0.25, 0.3) is 0 Å². The average molecular weight is 264 g/mol. The van der Waals surface area contributed by atoms with Crippen LogP contribution in [-0.2, 0) is 21.1 Å². The van der Waals surface area contributed by atoms with Gasteiger partial charge in [0.1, 0.15) is 0 Å². The molecule has 0 N–H and O–H groups in total. The zero-order chi connectivity index (χ0) is 4.24. The largest absolute Gasteiger partial charge is 2.00 e. The van der Waals surface area contributed by atoms with Crippen LogP contribution in [0.3, 0.4) is 0 Å². The molecule has 0 spiro atoms. The van der Waals surface area contributed by atoms with Crippen LogP contribution in [0.1, 0.15) is 0 Å². The third-order valence-electron chi connectivity index (χ3n) is 0.483. The fourth-order valence-electron chi connectivity index (χ4n) is 0.253. The second kappa shape index (κ2) is 3.94. The van der Waals surface area contributed by atoms with Crippen molar-refractivity contribution in [1.29, 1.82) is 0 Å². The summed E-state index contributed by atoms with van der Waals surface area (Å²) in [5.74, 6) is 0. The topological polar surface area (TPSA) is 25.8 Å². The predicted octanol–water partition coefficient (Wildman–Crippen LogP) is 0.474. The second-order valence-electron chi connectivity index (χ2n) is 0.914. The fraction of sp³-hybridized carbons (Fsp3) is 0. The molecule has 0 unspecified atom stereocenters. The molecule has 0 aliphatic rings. The van der Waals surface area contributed by atoms with Gasteiger partial charge in [-0.2, -0.15) is 10.2 Å². The summed E-state index contributed by atoms with van der Waals surface area (Å²) in [6.45, 7) is 0. The van der Waals surface area contributed by atoms with Gasteiger partial charge in [-0.1, -0.05) is 0 Å². The van der Waals surface area contributed by atoms with Gasteiger partial charge >= 0.3 is 21.1 Å². The Bertz CT molecular complexity index is 81.6. The molecule has 0 bridgehead atoms. The maximum atomic E-state index is 3.53. The zero-order valence-corrected chi connectivity index (χ0v) is 6.55. The first-order valence-corrected chi connectivity index (χ1v) is 1.72. The van der Waals surface area contributed by atoms with Crippen LogP contribution in [0.2, 0.25) is 0 Å². The van der Waals surface area contributed by atoms with Crippen molar-refractivity contribution in [2.45, 2.75) is 0 Å². The Hall–Kier alpha value is -0.232. The standard InChI is InChI=1S/C4H4N2.W/c1-2-4-6-5-3-1;/h1-4H;/q;+2. The predicted molar refractivity (Wildman–Crippen MR) is 22.0 cm³/mol. The van der Waals surface area contributed by atoms with Crippen molar-refractivity contribution < 1.29 is 21.1 Å². The van der Waals surface area contributed by atoms with Gasteiger partial charge in [0.25, 0.3) is 0 Å². The number of hydrogen-bond acceptors (Lipinski definition) is 2. The number of rotatable bonds is 0. The molecule has 0 atom stereocenters. The molecule has 0 aliphatic heterocycles. The normalized spacial score (nSPS) is 6.86. The van der Waals surface area contributed by atoms with Gasteiger partial charge in [0.05, 0.1) is 0 Å². The van der Waals surface area contributed by atoms with Gasteiger partial charge in [0.2, 0.25) is 0 Å². The summed E-state index contributed by atoms with van der Waals surface area (Å²) in [6.07, 6.45) is 3.28. The molecule has 0 radical (unpaired) electrons. The zero-order valence-electron chi connectivity index (χ0n) is 3.61. The summed E-state index contributed by atoms with van der Waals surface area (Å²) in [6, 6.07) is 3.65. The van der Waals surface area contributed by atoms with Crippen molar-refractivity contribution >= 4 is 0 Å². The summed E-state index contributed by atoms with van der Waals surface area (Å²) in [7, 11) is 0. The summed E-state index contributed by atoms with van der Waals surface area (Å²) in [5.41, 5.74) is 0. The van der Waals surface area contributed by atoms with E-state index in [1.807, 2.05) is 12.1 Å². The molecule has 7 heavy (non-hydrogen) atoms. The second-order valence-corrected chi connectivity index (χ2v) is 0.914. The van der Waals surface area contributed by atoms with E-state index >= 15 is 0 Å². The first kappa shape index (κ1) is 6.77. The molecule has 2 nitrogen and oxygen atoms in total. The van der Waals surface area contributed by atoms with Gasteiger partial charge in [-0.25, -0.2) is 0 Å². The Morgan fingerprint density at radius 2 is 1.29 bits per heavy atom. The van der Waals surface area contributed by atoms with E-state index in [1.54, 1.807) is 12.4 Å². The minimum absolute atomic E-state index is 0. The molecule has 0 amide bonds. The first-order valence-electron chi connectivity index (χ1n) is 1.72. The summed E-state index contributed by atoms with van der Waals surface area (Å²) in [4.78, 5) is 0. The Morgan fingerprint density at radius 1 is 0.857 bits per heavy atom. The van der Waals surface area contributed by atoms with Crippen LogP contribution >= 0.6 is 0 Å². The minimum atomic E-state index is 0. The van der Waals surface area contributed by atoms with Crippen LogP contribution in [0.4, 0.5) is 0 Å². The summed E-state index contributed by atoms with van der Waals surface area (Å²) < 4.78 is 0. The van der Waals surface area contributed by atoms with E-state index in [1.165, 1.54) is 0 Å². The van der Waals surface area contributed by atoms with Crippen LogP contribution < -0.4 is 0 Å². The molecule has 1 aromatic rings. The maximum absolute atomic E-state index is 3.53. The van der Waals surface area contributed by atoms with Crippen LogP contribution in [-0.4, -0.2) is 10.2 Å². The summed E-state index contributed by atoms with van der Waals surface area (Å²) in [5, 5.41) is 7.07. The molecular formula is C4H4N2W+2. The molecular weight excluding hydrogens is 260 g/mol. The van der Waals surface area contributed by atoms with E-state index in [9.17, 15) is 0 Å². The molecule has 1 aromatic heterocycles. The van der Waals surface area contributed by atoms with Gasteiger partial charge in [0.15, 0.2) is 0 Å². The van der Waals surface area contributed by atoms with Crippen molar-refractivity contribution in [2.75, 3.05) is 0 Å². The van der Waals surface area contributed by atoms with Gasteiger partial charge in [-0.3, -0.25) is 0 Å². The fourth-order valence-corrected chi connectivity index (χ4v) is 0.253. The van der Waals surface area contributed by atoms with Crippen LogP contribution in [0.5, 0.6) is 0 Å². The van der Waals surface area contributed by atoms with E-state index in [2.05, 4.69) is 10.2 Å². The molecule has 0 saturated heterocycles. The van der Waals surface area contributed by atoms with E-state index in [0.29, 0.717) is 0 Å². The number of aromatic nitrogens is 2. The Morgan fingerprint density at radius 3 is 1.43 bits per heavy atom. The monoisotopic (exact) mass is 264 g/mol. The Labute approximate surface area is 56.2 Å². The number of nitrogens with zero attached hydrogens (tertiary/aromatic N) is 2. The van der Waals surface area contributed by atoms with Crippen molar-refractivity contribution in [2.24, 2.45) is 0 Å². The molecule has 34 valence electrons. The molecule has 0 saturated carbocycles. The first-order chi connectivity index (χ1) is 3.00. The smallest absolute Gasteiger partial charge is 0.159 e. The SMILES string of the molecule is [W+2].c1ccnnc1. The molecule has 1 rings (SSSR count). The number of hydrogen-bond donors (Lipinski definition) is 0. The molecule has 0 fully saturated rings. The Balaban J connectivity index is 0.000000360. The van der Waals surface area contributed by atoms with Crippen molar-refractivity contribution in [3.05, 3.63) is 24.5 Å². The van der Waals surface area contributed by atoms with Crippen molar-refractivity contribution in [1.82, 2.24) is 10.2 Å². The van der Waals surface area contributed by atoms with E-state index < -0.39 is 0 Å². The van der Waals surface area contributed by atoms with Crippen LogP contribution in [0.15, 0.2) is 24.5 Å². The van der Waals surface area contributed by atoms with Gasteiger partial charge < -0.3 is 0 Å². The van der Waals surface area contributed by atoms with E-state index in [4.69, 9.17) is 0 Å². The van der Waals surface area contributed by atoms with Gasteiger partial charge in [-0.05, 0) is 12.1 Å². The van der Waals surface area contributed by atoms with Crippen molar-refractivity contribution in [3.63, 3.8) is 0 Å². The van der Waals surface area contributed by atoms with Gasteiger partial charge in [0, 0.05) is 12.4 Å². The molecule has 0 aliphatic carbocycles. The molecule has 0 aromatic carbocycles.